The number of pyridine rings is 2. The van der Waals surface area contributed by atoms with Gasteiger partial charge in [0, 0.05) is 41.2 Å². The number of aromatic nitrogens is 2. The minimum Gasteiger partial charge on any atom is -0.366 e. The summed E-state index contributed by atoms with van der Waals surface area (Å²) in [6, 6.07) is 16.7. The molecule has 0 radical (unpaired) electrons. The number of amides is 4. The van der Waals surface area contributed by atoms with Gasteiger partial charge in [0.1, 0.15) is 29.1 Å². The van der Waals surface area contributed by atoms with E-state index in [9.17, 15) is 44.8 Å². The van der Waals surface area contributed by atoms with E-state index in [0.29, 0.717) is 23.3 Å². The molecule has 4 aromatic carbocycles. The molecule has 6 aromatic rings. The van der Waals surface area contributed by atoms with Crippen LogP contribution in [0.5, 0.6) is 0 Å². The second-order valence-corrected chi connectivity index (χ2v) is 14.6. The van der Waals surface area contributed by atoms with Crippen LogP contribution >= 0.6 is 0 Å². The Balaban J connectivity index is 1.35. The molecule has 0 saturated heterocycles. The number of hydrogen-bond acceptors (Lipinski definition) is 7. The van der Waals surface area contributed by atoms with Crippen molar-refractivity contribution in [3.63, 3.8) is 0 Å². The zero-order chi connectivity index (χ0) is 42.4. The molecule has 2 aromatic heterocycles. The molecule has 0 aliphatic heterocycles. The predicted molar refractivity (Wildman–Crippen MR) is 206 cm³/mol. The Morgan fingerprint density at radius 1 is 0.610 bits per heavy atom. The highest BCUT2D eigenvalue weighted by Gasteiger charge is 2.28. The predicted octanol–water partition coefficient (Wildman–Crippen LogP) is 6.11. The van der Waals surface area contributed by atoms with Crippen LogP contribution in [-0.4, -0.2) is 36.2 Å². The van der Waals surface area contributed by atoms with Crippen LogP contribution in [0.1, 0.15) is 55.3 Å². The maximum Gasteiger partial charge on any atom is 0.329 e. The van der Waals surface area contributed by atoms with Crippen molar-refractivity contribution >= 4 is 28.1 Å². The van der Waals surface area contributed by atoms with E-state index in [1.54, 1.807) is 24.3 Å². The molecule has 0 aliphatic rings. The Labute approximate surface area is 333 Å². The summed E-state index contributed by atoms with van der Waals surface area (Å²) >= 11 is 0. The molecule has 2 atom stereocenters. The van der Waals surface area contributed by atoms with Gasteiger partial charge in [-0.25, -0.2) is 31.5 Å². The molecule has 0 unspecified atom stereocenters. The highest BCUT2D eigenvalue weighted by atomic mass is 32.2. The SMILES string of the molecule is NC(=O)c1cccc(-c2cccnc2[C@H](Cc2cc(F)cc(F)c2)NC(=O)NS(=O)(=O)N[C@@H](Cc2cc(F)cc(F)c2)c2ncccc2-c2ccc(F)c(C(N)=O)c2)c1. The van der Waals surface area contributed by atoms with Gasteiger partial charge in [0.25, 0.3) is 5.91 Å². The Morgan fingerprint density at radius 2 is 1.14 bits per heavy atom. The van der Waals surface area contributed by atoms with Crippen molar-refractivity contribution in [2.45, 2.75) is 24.9 Å². The number of benzene rings is 4. The van der Waals surface area contributed by atoms with Crippen LogP contribution in [0.15, 0.2) is 116 Å². The average Bonchev–Trinajstić information content (AvgIpc) is 3.16. The molecule has 0 aliphatic carbocycles. The lowest BCUT2D eigenvalue weighted by atomic mass is 9.94. The van der Waals surface area contributed by atoms with Crippen LogP contribution in [0, 0.1) is 29.1 Å². The molecule has 4 amide bonds. The number of urea groups is 1. The van der Waals surface area contributed by atoms with Gasteiger partial charge in [-0.1, -0.05) is 30.3 Å². The summed E-state index contributed by atoms with van der Waals surface area (Å²) in [6.07, 6.45) is 1.89. The number of halogens is 5. The van der Waals surface area contributed by atoms with Crippen molar-refractivity contribution in [3.8, 4) is 22.3 Å². The van der Waals surface area contributed by atoms with E-state index in [0.717, 1.165) is 36.4 Å². The maximum absolute atomic E-state index is 14.4. The third-order valence-electron chi connectivity index (χ3n) is 8.89. The fourth-order valence-electron chi connectivity index (χ4n) is 6.47. The monoisotopic (exact) mass is 829 g/mol. The first-order chi connectivity index (χ1) is 28.0. The van der Waals surface area contributed by atoms with E-state index < -0.39 is 81.2 Å². The number of hydrogen-bond donors (Lipinski definition) is 5. The number of primary amides is 2. The lowest BCUT2D eigenvalue weighted by Gasteiger charge is -2.24. The molecule has 59 heavy (non-hydrogen) atoms. The molecule has 0 saturated carbocycles. The average molecular weight is 830 g/mol. The second kappa shape index (κ2) is 17.6. The molecule has 0 bridgehead atoms. The maximum atomic E-state index is 14.4. The van der Waals surface area contributed by atoms with E-state index >= 15 is 0 Å². The number of carbonyl (C=O) groups is 3. The van der Waals surface area contributed by atoms with Crippen LogP contribution in [0.2, 0.25) is 0 Å². The second-order valence-electron chi connectivity index (χ2n) is 13.1. The first-order valence-corrected chi connectivity index (χ1v) is 18.9. The zero-order valence-corrected chi connectivity index (χ0v) is 31.2. The van der Waals surface area contributed by atoms with E-state index in [4.69, 9.17) is 11.5 Å². The summed E-state index contributed by atoms with van der Waals surface area (Å²) < 4.78 is 104. The van der Waals surface area contributed by atoms with Crippen molar-refractivity contribution in [2.24, 2.45) is 11.5 Å². The van der Waals surface area contributed by atoms with Gasteiger partial charge in [-0.3, -0.25) is 19.6 Å². The van der Waals surface area contributed by atoms with Gasteiger partial charge < -0.3 is 16.8 Å². The largest absolute Gasteiger partial charge is 0.366 e. The van der Waals surface area contributed by atoms with Gasteiger partial charge >= 0.3 is 16.2 Å². The lowest BCUT2D eigenvalue weighted by molar-refractivity contribution is 0.0989. The molecule has 7 N–H and O–H groups in total. The van der Waals surface area contributed by atoms with E-state index in [-0.39, 0.29) is 45.6 Å². The molecule has 12 nitrogen and oxygen atoms in total. The first-order valence-electron chi connectivity index (χ1n) is 17.5. The summed E-state index contributed by atoms with van der Waals surface area (Å²) in [7, 11) is -4.95. The van der Waals surface area contributed by atoms with Crippen molar-refractivity contribution in [2.75, 3.05) is 0 Å². The topological polar surface area (TPSA) is 199 Å². The van der Waals surface area contributed by atoms with Gasteiger partial charge in [-0.15, -0.1) is 0 Å². The highest BCUT2D eigenvalue weighted by Crippen LogP contribution is 2.32. The lowest BCUT2D eigenvalue weighted by Crippen LogP contribution is -2.48. The van der Waals surface area contributed by atoms with Gasteiger partial charge in [0.05, 0.1) is 29.0 Å². The quantitative estimate of drug-likeness (QED) is 0.0817. The van der Waals surface area contributed by atoms with E-state index in [2.05, 4.69) is 20.0 Å². The fourth-order valence-corrected chi connectivity index (χ4v) is 7.40. The summed E-state index contributed by atoms with van der Waals surface area (Å²) in [5.41, 5.74) is 11.7. The Kier molecular flexibility index (Phi) is 12.4. The van der Waals surface area contributed by atoms with Crippen molar-refractivity contribution in [1.29, 1.82) is 0 Å². The number of nitrogens with one attached hydrogen (secondary N) is 3. The van der Waals surface area contributed by atoms with Crippen molar-refractivity contribution in [3.05, 3.63) is 178 Å². The summed E-state index contributed by atoms with van der Waals surface area (Å²) in [4.78, 5) is 46.3. The molecule has 6 rings (SSSR count). The summed E-state index contributed by atoms with van der Waals surface area (Å²) in [5, 5.41) is 2.50. The van der Waals surface area contributed by atoms with E-state index in [1.165, 1.54) is 42.7 Å². The molecular weight excluding hydrogens is 798 g/mol. The molecule has 302 valence electrons. The van der Waals surface area contributed by atoms with Crippen LogP contribution in [0.3, 0.4) is 0 Å². The Hall–Kier alpha value is -7.05. The molecular formula is C41H32F5N7O5S. The summed E-state index contributed by atoms with van der Waals surface area (Å²) in [6.45, 7) is 0. The molecule has 18 heteroatoms. The molecule has 2 heterocycles. The van der Waals surface area contributed by atoms with Crippen LogP contribution < -0.4 is 26.2 Å². The van der Waals surface area contributed by atoms with Gasteiger partial charge in [0.2, 0.25) is 5.91 Å². The minimum absolute atomic E-state index is 0.0290. The normalized spacial score (nSPS) is 12.4. The third-order valence-corrected chi connectivity index (χ3v) is 9.94. The van der Waals surface area contributed by atoms with Crippen LogP contribution in [0.4, 0.5) is 26.7 Å². The smallest absolute Gasteiger partial charge is 0.329 e. The van der Waals surface area contributed by atoms with E-state index in [1.807, 2.05) is 4.72 Å². The highest BCUT2D eigenvalue weighted by molar-refractivity contribution is 7.88. The van der Waals surface area contributed by atoms with Crippen LogP contribution in [0.25, 0.3) is 22.3 Å². The Bertz CT molecular complexity index is 2660. The standard InChI is InChI=1S/C41H32F5N7O5S/c42-27-12-22(13-28(43)20-27)16-35(37-31(6-2-10-49-37)24-4-1-5-26(18-24)39(47)54)51-41(56)53-59(57,58)52-36(17-23-14-29(44)21-30(45)15-23)38-32(7-3-11-50-38)25-8-9-34(46)33(19-25)40(48)55/h1-15,18-21,35-36,52H,16-17H2,(H2,47,54)(H2,48,55)(H2,51,53,56)/t35-,36-/m0/s1. The third kappa shape index (κ3) is 10.5. The van der Waals surface area contributed by atoms with Gasteiger partial charge in [-0.05, 0) is 95.8 Å². The Morgan fingerprint density at radius 3 is 1.68 bits per heavy atom. The van der Waals surface area contributed by atoms with Gasteiger partial charge in [0.15, 0.2) is 0 Å². The number of carbonyl (C=O) groups excluding carboxylic acids is 3. The molecule has 0 spiro atoms. The number of rotatable bonds is 14. The zero-order valence-electron chi connectivity index (χ0n) is 30.4. The minimum atomic E-state index is -4.95. The van der Waals surface area contributed by atoms with Gasteiger partial charge in [-0.2, -0.15) is 13.1 Å². The van der Waals surface area contributed by atoms with Crippen molar-refractivity contribution in [1.82, 2.24) is 24.7 Å². The van der Waals surface area contributed by atoms with Crippen molar-refractivity contribution < 1.29 is 44.8 Å². The summed E-state index contributed by atoms with van der Waals surface area (Å²) in [5.74, 6) is -6.52. The number of nitrogens with two attached hydrogens (primary N) is 2. The van der Waals surface area contributed by atoms with Crippen LogP contribution in [-0.2, 0) is 23.1 Å². The fraction of sp³-hybridized carbons (Fsp3) is 0.0976. The first kappa shape index (κ1) is 41.6. The number of nitrogens with zero attached hydrogens (tertiary/aromatic N) is 2. The molecule has 0 fully saturated rings.